The first kappa shape index (κ1) is 18.6. The van der Waals surface area contributed by atoms with E-state index in [1.165, 1.54) is 0 Å². The molecule has 0 spiro atoms. The van der Waals surface area contributed by atoms with E-state index in [-0.39, 0.29) is 23.6 Å². The summed E-state index contributed by atoms with van der Waals surface area (Å²) in [6, 6.07) is 3.47. The number of aryl methyl sites for hydroxylation is 1. The second kappa shape index (κ2) is 6.81. The van der Waals surface area contributed by atoms with Gasteiger partial charge in [0.2, 0.25) is 0 Å². The smallest absolute Gasteiger partial charge is 0.161 e. The fraction of sp³-hybridized carbons (Fsp3) is 0.429. The molecule has 5 nitrogen and oxygen atoms in total. The van der Waals surface area contributed by atoms with Crippen LogP contribution >= 0.6 is 0 Å². The fourth-order valence-corrected chi connectivity index (χ4v) is 4.83. The third kappa shape index (κ3) is 3.20. The molecule has 8 heteroatoms. The van der Waals surface area contributed by atoms with Gasteiger partial charge in [0.25, 0.3) is 0 Å². The van der Waals surface area contributed by atoms with Gasteiger partial charge in [-0.2, -0.15) is 5.10 Å². The number of hydrogen-bond donors (Lipinski definition) is 1. The standard InChI is InChI=1S/C21H22F3N5/c1-11-4-21-26-20-10-28(8-12(20)9-29(21)27-11)13-2-3-14(19(25)5-13)15-6-17(23)18(24)7-16(15)22/h4,6-7,9,13-14,19H,2-3,5,8,10,25H2,1H3. The third-order valence-electron chi connectivity index (χ3n) is 6.29. The van der Waals surface area contributed by atoms with Crippen LogP contribution in [0.1, 0.15) is 47.7 Å². The average molecular weight is 401 g/mol. The molecular weight excluding hydrogens is 379 g/mol. The Morgan fingerprint density at radius 2 is 1.83 bits per heavy atom. The Balaban J connectivity index is 1.31. The van der Waals surface area contributed by atoms with Crippen molar-refractivity contribution >= 4 is 5.65 Å². The van der Waals surface area contributed by atoms with E-state index in [0.29, 0.717) is 18.9 Å². The molecule has 1 aliphatic heterocycles. The Labute approximate surface area is 166 Å². The zero-order valence-corrected chi connectivity index (χ0v) is 16.1. The van der Waals surface area contributed by atoms with E-state index in [2.05, 4.69) is 10.00 Å². The first-order chi connectivity index (χ1) is 13.9. The van der Waals surface area contributed by atoms with Gasteiger partial charge in [-0.25, -0.2) is 22.7 Å². The Kier molecular flexibility index (Phi) is 4.36. The van der Waals surface area contributed by atoms with Crippen LogP contribution in [0.5, 0.6) is 0 Å². The monoisotopic (exact) mass is 401 g/mol. The molecule has 0 amide bonds. The number of nitrogens with zero attached hydrogens (tertiary/aromatic N) is 4. The van der Waals surface area contributed by atoms with Gasteiger partial charge >= 0.3 is 0 Å². The molecule has 0 bridgehead atoms. The van der Waals surface area contributed by atoms with Crippen molar-refractivity contribution in [2.45, 2.75) is 57.3 Å². The molecule has 3 atom stereocenters. The highest BCUT2D eigenvalue weighted by atomic mass is 19.2. The molecule has 152 valence electrons. The second-order valence-corrected chi connectivity index (χ2v) is 8.23. The lowest BCUT2D eigenvalue weighted by Crippen LogP contribution is -2.44. The van der Waals surface area contributed by atoms with Crippen LogP contribution in [0, 0.1) is 24.4 Å². The minimum Gasteiger partial charge on any atom is -0.327 e. The van der Waals surface area contributed by atoms with Gasteiger partial charge in [0, 0.05) is 55.0 Å². The molecule has 2 aromatic heterocycles. The Bertz CT molecular complexity index is 1050. The van der Waals surface area contributed by atoms with Crippen LogP contribution in [0.25, 0.3) is 5.65 Å². The van der Waals surface area contributed by atoms with Gasteiger partial charge in [0.15, 0.2) is 17.3 Å². The fourth-order valence-electron chi connectivity index (χ4n) is 4.83. The molecule has 1 aliphatic carbocycles. The van der Waals surface area contributed by atoms with Crippen molar-refractivity contribution in [2.75, 3.05) is 0 Å². The van der Waals surface area contributed by atoms with E-state index in [9.17, 15) is 13.2 Å². The lowest BCUT2D eigenvalue weighted by Gasteiger charge is -2.38. The number of rotatable bonds is 2. The number of hydrogen-bond acceptors (Lipinski definition) is 4. The van der Waals surface area contributed by atoms with Crippen LogP contribution in [-0.2, 0) is 13.1 Å². The summed E-state index contributed by atoms with van der Waals surface area (Å²) in [7, 11) is 0. The van der Waals surface area contributed by atoms with Gasteiger partial charge in [0.1, 0.15) is 5.82 Å². The normalized spacial score (nSPS) is 24.9. The van der Waals surface area contributed by atoms with Crippen LogP contribution in [0.4, 0.5) is 13.2 Å². The van der Waals surface area contributed by atoms with Gasteiger partial charge in [-0.3, -0.25) is 4.90 Å². The highest BCUT2D eigenvalue weighted by Gasteiger charge is 2.36. The first-order valence-corrected chi connectivity index (χ1v) is 9.88. The highest BCUT2D eigenvalue weighted by molar-refractivity contribution is 5.42. The Hall–Kier alpha value is -2.45. The molecule has 5 rings (SSSR count). The Morgan fingerprint density at radius 1 is 1.03 bits per heavy atom. The first-order valence-electron chi connectivity index (χ1n) is 9.88. The molecule has 1 fully saturated rings. The maximum Gasteiger partial charge on any atom is 0.161 e. The van der Waals surface area contributed by atoms with Crippen molar-refractivity contribution in [3.8, 4) is 0 Å². The topological polar surface area (TPSA) is 59.5 Å². The minimum absolute atomic E-state index is 0.179. The molecule has 1 aromatic carbocycles. The van der Waals surface area contributed by atoms with Crippen LogP contribution < -0.4 is 5.73 Å². The predicted octanol–water partition coefficient (Wildman–Crippen LogP) is 3.43. The summed E-state index contributed by atoms with van der Waals surface area (Å²) < 4.78 is 42.9. The molecule has 2 N–H and O–H groups in total. The predicted molar refractivity (Wildman–Crippen MR) is 102 cm³/mol. The van der Waals surface area contributed by atoms with Crippen molar-refractivity contribution in [3.63, 3.8) is 0 Å². The summed E-state index contributed by atoms with van der Waals surface area (Å²) in [4.78, 5) is 7.08. The van der Waals surface area contributed by atoms with E-state index in [1.54, 1.807) is 0 Å². The van der Waals surface area contributed by atoms with Gasteiger partial charge in [-0.15, -0.1) is 0 Å². The van der Waals surface area contributed by atoms with E-state index in [4.69, 9.17) is 10.7 Å². The number of nitrogens with two attached hydrogens (primary N) is 1. The number of benzene rings is 1. The maximum atomic E-state index is 14.2. The van der Waals surface area contributed by atoms with Crippen LogP contribution in [0.3, 0.4) is 0 Å². The van der Waals surface area contributed by atoms with E-state index >= 15 is 0 Å². The molecule has 3 unspecified atom stereocenters. The van der Waals surface area contributed by atoms with E-state index < -0.39 is 17.5 Å². The SMILES string of the molecule is Cc1cc2nc3c(cn2n1)CN(C1CCC(c2cc(F)c(F)cc2F)C(N)C1)C3. The zero-order valence-electron chi connectivity index (χ0n) is 16.1. The molecule has 3 heterocycles. The molecule has 1 saturated carbocycles. The Morgan fingerprint density at radius 3 is 2.62 bits per heavy atom. The summed E-state index contributed by atoms with van der Waals surface area (Å²) in [5.74, 6) is -3.23. The van der Waals surface area contributed by atoms with Crippen LogP contribution in [0.15, 0.2) is 24.4 Å². The van der Waals surface area contributed by atoms with E-state index in [0.717, 1.165) is 48.2 Å². The lowest BCUT2D eigenvalue weighted by molar-refractivity contribution is 0.137. The van der Waals surface area contributed by atoms with Crippen molar-refractivity contribution < 1.29 is 13.2 Å². The summed E-state index contributed by atoms with van der Waals surface area (Å²) >= 11 is 0. The second-order valence-electron chi connectivity index (χ2n) is 8.23. The molecule has 3 aromatic rings. The number of fused-ring (bicyclic) bond motifs is 2. The largest absolute Gasteiger partial charge is 0.327 e. The summed E-state index contributed by atoms with van der Waals surface area (Å²) in [6.45, 7) is 3.47. The maximum absolute atomic E-state index is 14.2. The van der Waals surface area contributed by atoms with Gasteiger partial charge < -0.3 is 5.73 Å². The summed E-state index contributed by atoms with van der Waals surface area (Å²) in [6.07, 6.45) is 4.16. The lowest BCUT2D eigenvalue weighted by atomic mass is 9.77. The van der Waals surface area contributed by atoms with Crippen LogP contribution in [-0.4, -0.2) is 31.6 Å². The van der Waals surface area contributed by atoms with Crippen molar-refractivity contribution in [2.24, 2.45) is 5.73 Å². The highest BCUT2D eigenvalue weighted by Crippen LogP contribution is 2.38. The van der Waals surface area contributed by atoms with E-state index in [1.807, 2.05) is 23.7 Å². The number of aromatic nitrogens is 3. The quantitative estimate of drug-likeness (QED) is 0.669. The zero-order chi connectivity index (χ0) is 20.3. The van der Waals surface area contributed by atoms with Crippen molar-refractivity contribution in [1.82, 2.24) is 19.5 Å². The van der Waals surface area contributed by atoms with Gasteiger partial charge in [0.05, 0.1) is 11.4 Å². The van der Waals surface area contributed by atoms with Crippen molar-refractivity contribution in [3.05, 3.63) is 64.4 Å². The molecule has 0 radical (unpaired) electrons. The van der Waals surface area contributed by atoms with Gasteiger partial charge in [-0.1, -0.05) is 0 Å². The molecule has 29 heavy (non-hydrogen) atoms. The summed E-state index contributed by atoms with van der Waals surface area (Å²) in [5, 5.41) is 4.43. The molecule has 0 saturated heterocycles. The number of halogens is 3. The minimum atomic E-state index is -1.17. The van der Waals surface area contributed by atoms with Crippen LogP contribution in [0.2, 0.25) is 0 Å². The molecule has 2 aliphatic rings. The third-order valence-corrected chi connectivity index (χ3v) is 6.29. The summed E-state index contributed by atoms with van der Waals surface area (Å²) in [5.41, 5.74) is 10.5. The average Bonchev–Trinajstić information content (AvgIpc) is 3.24. The molecular formula is C21H22F3N5. The van der Waals surface area contributed by atoms with Crippen molar-refractivity contribution in [1.29, 1.82) is 0 Å². The van der Waals surface area contributed by atoms with Gasteiger partial charge in [-0.05, 0) is 37.8 Å².